The van der Waals surface area contributed by atoms with Gasteiger partial charge in [0.25, 0.3) is 11.5 Å². The fraction of sp³-hybridized carbons (Fsp3) is 0.389. The average molecular weight is 342 g/mol. The third-order valence-electron chi connectivity index (χ3n) is 4.45. The van der Waals surface area contributed by atoms with Crippen molar-refractivity contribution in [2.24, 2.45) is 0 Å². The topological polar surface area (TPSA) is 87.3 Å². The number of rotatable bonds is 6. The summed E-state index contributed by atoms with van der Waals surface area (Å²) in [6.07, 6.45) is 2.31. The molecule has 2 aromatic rings. The van der Waals surface area contributed by atoms with Crippen molar-refractivity contribution >= 4 is 5.91 Å². The molecule has 1 amide bonds. The zero-order valence-electron chi connectivity index (χ0n) is 14.2. The second-order valence-corrected chi connectivity index (χ2v) is 6.02. The Morgan fingerprint density at radius 3 is 2.72 bits per heavy atom. The van der Waals surface area contributed by atoms with Gasteiger partial charge in [-0.05, 0) is 38.1 Å². The molecule has 1 atom stereocenters. The quantitative estimate of drug-likeness (QED) is 0.827. The summed E-state index contributed by atoms with van der Waals surface area (Å²) in [5.74, 6) is 0.506. The Balaban J connectivity index is 1.77. The van der Waals surface area contributed by atoms with E-state index in [1.54, 1.807) is 7.11 Å². The van der Waals surface area contributed by atoms with E-state index in [9.17, 15) is 9.59 Å². The predicted octanol–water partition coefficient (Wildman–Crippen LogP) is 1.35. The first kappa shape index (κ1) is 17.2. The van der Waals surface area contributed by atoms with E-state index in [4.69, 9.17) is 4.74 Å². The Labute approximate surface area is 146 Å². The maximum Gasteiger partial charge on any atom is 0.271 e. The number of benzene rings is 1. The Hall–Kier alpha value is -2.67. The Kier molecular flexibility index (Phi) is 5.45. The second-order valence-electron chi connectivity index (χ2n) is 6.02. The van der Waals surface area contributed by atoms with E-state index in [1.165, 1.54) is 12.1 Å². The number of aromatic amines is 1. The summed E-state index contributed by atoms with van der Waals surface area (Å²) in [5.41, 5.74) is 0.918. The molecular formula is C18H22N4O3. The average Bonchev–Trinajstić information content (AvgIpc) is 3.17. The van der Waals surface area contributed by atoms with Gasteiger partial charge in [0.05, 0.1) is 13.2 Å². The van der Waals surface area contributed by atoms with Gasteiger partial charge in [-0.1, -0.05) is 18.2 Å². The molecule has 1 fully saturated rings. The van der Waals surface area contributed by atoms with Crippen molar-refractivity contribution in [1.82, 2.24) is 20.4 Å². The van der Waals surface area contributed by atoms with Gasteiger partial charge in [-0.15, -0.1) is 0 Å². The molecule has 1 unspecified atom stereocenters. The molecule has 1 aromatic carbocycles. The first-order chi connectivity index (χ1) is 12.2. The molecule has 7 nitrogen and oxygen atoms in total. The molecule has 132 valence electrons. The summed E-state index contributed by atoms with van der Waals surface area (Å²) in [6, 6.07) is 10.6. The Bertz CT molecular complexity index is 763. The predicted molar refractivity (Wildman–Crippen MR) is 93.7 cm³/mol. The number of likely N-dealkylation sites (tertiary alicyclic amines) is 1. The Morgan fingerprint density at radius 1 is 1.28 bits per heavy atom. The number of hydrogen-bond donors (Lipinski definition) is 2. The van der Waals surface area contributed by atoms with Gasteiger partial charge in [-0.2, -0.15) is 5.10 Å². The fourth-order valence-electron chi connectivity index (χ4n) is 3.18. The highest BCUT2D eigenvalue weighted by atomic mass is 16.5. The Morgan fingerprint density at radius 2 is 2.04 bits per heavy atom. The van der Waals surface area contributed by atoms with Crippen LogP contribution in [-0.4, -0.2) is 47.7 Å². The zero-order valence-corrected chi connectivity index (χ0v) is 14.2. The van der Waals surface area contributed by atoms with Gasteiger partial charge in [0, 0.05) is 18.2 Å². The molecule has 25 heavy (non-hydrogen) atoms. The minimum Gasteiger partial charge on any atom is -0.496 e. The number of carbonyl (C=O) groups excluding carboxylic acids is 1. The van der Waals surface area contributed by atoms with Crippen LogP contribution in [0.2, 0.25) is 0 Å². The van der Waals surface area contributed by atoms with Crippen molar-refractivity contribution in [2.45, 2.75) is 18.9 Å². The summed E-state index contributed by atoms with van der Waals surface area (Å²) >= 11 is 0. The van der Waals surface area contributed by atoms with Gasteiger partial charge in [0.2, 0.25) is 0 Å². The molecule has 0 saturated carbocycles. The molecule has 1 aliphatic rings. The first-order valence-corrected chi connectivity index (χ1v) is 8.40. The van der Waals surface area contributed by atoms with Crippen molar-refractivity contribution in [3.8, 4) is 5.75 Å². The van der Waals surface area contributed by atoms with Crippen LogP contribution < -0.4 is 15.6 Å². The largest absolute Gasteiger partial charge is 0.496 e. The highest BCUT2D eigenvalue weighted by Crippen LogP contribution is 2.31. The number of nitrogens with zero attached hydrogens (tertiary/aromatic N) is 2. The van der Waals surface area contributed by atoms with E-state index in [0.29, 0.717) is 6.54 Å². The van der Waals surface area contributed by atoms with Gasteiger partial charge >= 0.3 is 0 Å². The molecule has 0 bridgehead atoms. The number of ether oxygens (including phenoxy) is 1. The number of amides is 1. The van der Waals surface area contributed by atoms with Gasteiger partial charge in [-0.25, -0.2) is 5.10 Å². The van der Waals surface area contributed by atoms with Crippen LogP contribution in [0.4, 0.5) is 0 Å². The van der Waals surface area contributed by atoms with Crippen LogP contribution in [0.1, 0.15) is 34.9 Å². The lowest BCUT2D eigenvalue weighted by Crippen LogP contribution is -2.37. The molecule has 3 rings (SSSR count). The lowest BCUT2D eigenvalue weighted by Gasteiger charge is -2.29. The summed E-state index contributed by atoms with van der Waals surface area (Å²) in [7, 11) is 1.66. The molecular weight excluding hydrogens is 320 g/mol. The fourth-order valence-corrected chi connectivity index (χ4v) is 3.18. The lowest BCUT2D eigenvalue weighted by molar-refractivity contribution is 0.0931. The first-order valence-electron chi connectivity index (χ1n) is 8.40. The van der Waals surface area contributed by atoms with E-state index >= 15 is 0 Å². The van der Waals surface area contributed by atoms with Crippen LogP contribution in [0.5, 0.6) is 5.75 Å². The van der Waals surface area contributed by atoms with Crippen LogP contribution in [0.25, 0.3) is 0 Å². The van der Waals surface area contributed by atoms with Crippen molar-refractivity contribution in [1.29, 1.82) is 0 Å². The standard InChI is InChI=1S/C18H22N4O3/c1-25-16-7-3-2-6-13(16)15(22-10-4-5-11-22)12-19-18(24)14-8-9-17(23)21-20-14/h2-3,6-9,15H,4-5,10-12H2,1H3,(H,19,24)(H,21,23). The van der Waals surface area contributed by atoms with Crippen LogP contribution in [0, 0.1) is 0 Å². The molecule has 2 N–H and O–H groups in total. The van der Waals surface area contributed by atoms with E-state index in [0.717, 1.165) is 37.2 Å². The van der Waals surface area contributed by atoms with Crippen molar-refractivity contribution < 1.29 is 9.53 Å². The third kappa shape index (κ3) is 4.06. The van der Waals surface area contributed by atoms with Crippen LogP contribution in [0.15, 0.2) is 41.2 Å². The zero-order chi connectivity index (χ0) is 17.6. The van der Waals surface area contributed by atoms with Crippen molar-refractivity contribution in [2.75, 3.05) is 26.7 Å². The maximum atomic E-state index is 12.3. The number of aromatic nitrogens is 2. The maximum absolute atomic E-state index is 12.3. The van der Waals surface area contributed by atoms with Crippen molar-refractivity contribution in [3.63, 3.8) is 0 Å². The highest BCUT2D eigenvalue weighted by molar-refractivity contribution is 5.92. The molecule has 1 saturated heterocycles. The minimum absolute atomic E-state index is 0.0327. The summed E-state index contributed by atoms with van der Waals surface area (Å²) < 4.78 is 5.50. The van der Waals surface area contributed by atoms with Crippen LogP contribution >= 0.6 is 0 Å². The number of nitrogens with one attached hydrogen (secondary N) is 2. The van der Waals surface area contributed by atoms with Crippen LogP contribution in [-0.2, 0) is 0 Å². The van der Waals surface area contributed by atoms with Gasteiger partial charge in [0.1, 0.15) is 11.4 Å². The SMILES string of the molecule is COc1ccccc1C(CNC(=O)c1ccc(=O)[nH]n1)N1CCCC1. The van der Waals surface area contributed by atoms with Crippen molar-refractivity contribution in [3.05, 3.63) is 58.0 Å². The smallest absolute Gasteiger partial charge is 0.271 e. The molecule has 1 aliphatic heterocycles. The summed E-state index contributed by atoms with van der Waals surface area (Å²) in [4.78, 5) is 25.7. The number of hydrogen-bond acceptors (Lipinski definition) is 5. The second kappa shape index (κ2) is 7.94. The lowest BCUT2D eigenvalue weighted by atomic mass is 10.0. The van der Waals surface area contributed by atoms with Gasteiger partial charge in [-0.3, -0.25) is 14.5 Å². The van der Waals surface area contributed by atoms with E-state index in [2.05, 4.69) is 20.4 Å². The minimum atomic E-state index is -0.333. The number of para-hydroxylation sites is 1. The van der Waals surface area contributed by atoms with Gasteiger partial charge < -0.3 is 10.1 Å². The number of H-pyrrole nitrogens is 1. The van der Waals surface area contributed by atoms with E-state index in [-0.39, 0.29) is 23.2 Å². The van der Waals surface area contributed by atoms with E-state index < -0.39 is 0 Å². The summed E-state index contributed by atoms with van der Waals surface area (Å²) in [6.45, 7) is 2.44. The number of methoxy groups -OCH3 is 1. The van der Waals surface area contributed by atoms with E-state index in [1.807, 2.05) is 24.3 Å². The molecule has 7 heteroatoms. The normalized spacial score (nSPS) is 15.7. The third-order valence-corrected chi connectivity index (χ3v) is 4.45. The number of carbonyl (C=O) groups is 1. The molecule has 0 aliphatic carbocycles. The molecule has 2 heterocycles. The van der Waals surface area contributed by atoms with Crippen LogP contribution in [0.3, 0.4) is 0 Å². The van der Waals surface area contributed by atoms with Gasteiger partial charge in [0.15, 0.2) is 0 Å². The summed E-state index contributed by atoms with van der Waals surface area (Å²) in [5, 5.41) is 8.97. The monoisotopic (exact) mass is 342 g/mol. The molecule has 1 aromatic heterocycles. The highest BCUT2D eigenvalue weighted by Gasteiger charge is 2.26. The molecule has 0 radical (unpaired) electrons. The molecule has 0 spiro atoms.